The summed E-state index contributed by atoms with van der Waals surface area (Å²) in [6.07, 6.45) is 0. The van der Waals surface area contributed by atoms with Crippen molar-refractivity contribution in [3.8, 4) is 5.75 Å². The molecule has 0 fully saturated rings. The molecule has 0 atom stereocenters. The molecule has 0 aromatic heterocycles. The van der Waals surface area contributed by atoms with E-state index in [4.69, 9.17) is 4.74 Å². The molecule has 0 aliphatic rings. The molecule has 0 radical (unpaired) electrons. The lowest BCUT2D eigenvalue weighted by molar-refractivity contribution is 0.102. The fourth-order valence-electron chi connectivity index (χ4n) is 1.72. The van der Waals surface area contributed by atoms with Crippen molar-refractivity contribution < 1.29 is 13.9 Å². The first kappa shape index (κ1) is 16.2. The lowest BCUT2D eigenvalue weighted by Gasteiger charge is -2.09. The Morgan fingerprint density at radius 3 is 2.76 bits per heavy atom. The van der Waals surface area contributed by atoms with Gasteiger partial charge in [-0.05, 0) is 75.8 Å². The molecule has 0 unspecified atom stereocenters. The monoisotopic (exact) mass is 463 g/mol. The summed E-state index contributed by atoms with van der Waals surface area (Å²) in [5.74, 6) is -0.633. The molecule has 0 saturated heterocycles. The van der Waals surface area contributed by atoms with Gasteiger partial charge in [-0.15, -0.1) is 0 Å². The van der Waals surface area contributed by atoms with Gasteiger partial charge < -0.3 is 10.1 Å². The first-order valence-corrected chi connectivity index (χ1v) is 8.07. The smallest absolute Gasteiger partial charge is 0.256 e. The summed E-state index contributed by atoms with van der Waals surface area (Å²) in [5, 5.41) is 2.67. The van der Waals surface area contributed by atoms with Crippen LogP contribution in [-0.2, 0) is 0 Å². The Hall–Kier alpha value is -1.15. The third kappa shape index (κ3) is 4.16. The zero-order valence-electron chi connectivity index (χ0n) is 11.1. The van der Waals surface area contributed by atoms with Gasteiger partial charge in [0.25, 0.3) is 5.91 Å². The topological polar surface area (TPSA) is 38.3 Å². The van der Waals surface area contributed by atoms with E-state index in [2.05, 4.69) is 43.8 Å². The van der Waals surface area contributed by atoms with Crippen molar-refractivity contribution in [1.29, 1.82) is 0 Å². The van der Waals surface area contributed by atoms with Gasteiger partial charge in [0.2, 0.25) is 0 Å². The number of carbonyl (C=O) groups is 1. The second kappa shape index (κ2) is 7.22. The average Bonchev–Trinajstić information content (AvgIpc) is 2.44. The molecule has 1 N–H and O–H groups in total. The summed E-state index contributed by atoms with van der Waals surface area (Å²) >= 11 is 5.46. The first-order chi connectivity index (χ1) is 10.0. The fourth-order valence-corrected chi connectivity index (χ4v) is 2.64. The van der Waals surface area contributed by atoms with E-state index in [1.54, 1.807) is 25.1 Å². The molecule has 0 saturated carbocycles. The van der Waals surface area contributed by atoms with Gasteiger partial charge in [-0.3, -0.25) is 4.79 Å². The summed E-state index contributed by atoms with van der Waals surface area (Å²) < 4.78 is 20.5. The van der Waals surface area contributed by atoms with E-state index in [-0.39, 0.29) is 11.7 Å². The predicted octanol–water partition coefficient (Wildman–Crippen LogP) is 4.84. The summed E-state index contributed by atoms with van der Waals surface area (Å²) in [5.41, 5.74) is 0.878. The Labute approximate surface area is 144 Å². The summed E-state index contributed by atoms with van der Waals surface area (Å²) in [4.78, 5) is 12.2. The maximum Gasteiger partial charge on any atom is 0.256 e. The highest BCUT2D eigenvalue weighted by Gasteiger charge is 2.12. The van der Waals surface area contributed by atoms with E-state index in [0.29, 0.717) is 22.3 Å². The molecule has 0 spiro atoms. The summed E-state index contributed by atoms with van der Waals surface area (Å²) in [7, 11) is 0. The Kier molecular flexibility index (Phi) is 5.58. The van der Waals surface area contributed by atoms with Crippen molar-refractivity contribution in [2.45, 2.75) is 6.92 Å². The van der Waals surface area contributed by atoms with Crippen molar-refractivity contribution in [3.63, 3.8) is 0 Å². The number of ether oxygens (including phenoxy) is 1. The molecule has 3 nitrogen and oxygen atoms in total. The van der Waals surface area contributed by atoms with Gasteiger partial charge in [-0.1, -0.05) is 0 Å². The molecule has 0 aliphatic carbocycles. The molecule has 6 heteroatoms. The molecule has 0 bridgehead atoms. The van der Waals surface area contributed by atoms with Crippen LogP contribution >= 0.6 is 38.5 Å². The Bertz CT molecular complexity index is 679. The maximum absolute atomic E-state index is 13.7. The van der Waals surface area contributed by atoms with E-state index >= 15 is 0 Å². The van der Waals surface area contributed by atoms with E-state index in [1.807, 2.05) is 6.07 Å². The number of carbonyl (C=O) groups excluding carboxylic acids is 1. The maximum atomic E-state index is 13.7. The van der Waals surface area contributed by atoms with Gasteiger partial charge >= 0.3 is 0 Å². The van der Waals surface area contributed by atoms with Crippen LogP contribution in [0.15, 0.2) is 40.9 Å². The summed E-state index contributed by atoms with van der Waals surface area (Å²) in [6, 6.07) is 9.79. The third-order valence-corrected chi connectivity index (χ3v) is 4.03. The molecular formula is C15H12BrFINO2. The number of hydrogen-bond donors (Lipinski definition) is 1. The van der Waals surface area contributed by atoms with Gasteiger partial charge in [0.15, 0.2) is 11.6 Å². The highest BCUT2D eigenvalue weighted by atomic mass is 127. The number of halogens is 3. The van der Waals surface area contributed by atoms with Gasteiger partial charge in [0, 0.05) is 19.8 Å². The van der Waals surface area contributed by atoms with Crippen LogP contribution in [0.5, 0.6) is 5.75 Å². The Morgan fingerprint density at radius 1 is 1.33 bits per heavy atom. The van der Waals surface area contributed by atoms with Crippen LogP contribution in [0.25, 0.3) is 0 Å². The SMILES string of the molecule is CCOc1ccc(NC(=O)c2cc(I)ccc2Br)cc1F. The lowest BCUT2D eigenvalue weighted by atomic mass is 10.2. The number of anilines is 1. The van der Waals surface area contributed by atoms with Crippen LogP contribution in [0.2, 0.25) is 0 Å². The van der Waals surface area contributed by atoms with E-state index in [1.165, 1.54) is 12.1 Å². The van der Waals surface area contributed by atoms with E-state index in [0.717, 1.165) is 3.57 Å². The summed E-state index contributed by atoms with van der Waals surface area (Å²) in [6.45, 7) is 2.17. The minimum absolute atomic E-state index is 0.172. The Balaban J connectivity index is 2.19. The zero-order valence-corrected chi connectivity index (χ0v) is 14.9. The van der Waals surface area contributed by atoms with Crippen LogP contribution < -0.4 is 10.1 Å². The van der Waals surface area contributed by atoms with Gasteiger partial charge in [-0.2, -0.15) is 0 Å². The third-order valence-electron chi connectivity index (χ3n) is 2.66. The van der Waals surface area contributed by atoms with Gasteiger partial charge in [0.1, 0.15) is 0 Å². The molecule has 21 heavy (non-hydrogen) atoms. The predicted molar refractivity (Wildman–Crippen MR) is 92.4 cm³/mol. The molecule has 2 aromatic carbocycles. The standard InChI is InChI=1S/C15H12BrFINO2/c1-2-21-14-6-4-10(8-13(14)17)19-15(20)11-7-9(18)3-5-12(11)16/h3-8H,2H2,1H3,(H,19,20). The van der Waals surface area contributed by atoms with Crippen molar-refractivity contribution in [1.82, 2.24) is 0 Å². The number of amides is 1. The van der Waals surface area contributed by atoms with Crippen molar-refractivity contribution >= 4 is 50.1 Å². The molecule has 2 aromatic rings. The quantitative estimate of drug-likeness (QED) is 0.658. The fraction of sp³-hybridized carbons (Fsp3) is 0.133. The van der Waals surface area contributed by atoms with Gasteiger partial charge in [0.05, 0.1) is 12.2 Å². The average molecular weight is 464 g/mol. The minimum atomic E-state index is -0.503. The van der Waals surface area contributed by atoms with E-state index in [9.17, 15) is 9.18 Å². The van der Waals surface area contributed by atoms with Crippen molar-refractivity contribution in [3.05, 3.63) is 55.8 Å². The van der Waals surface area contributed by atoms with Crippen LogP contribution in [0.1, 0.15) is 17.3 Å². The normalized spacial score (nSPS) is 10.3. The molecule has 0 heterocycles. The minimum Gasteiger partial charge on any atom is -0.491 e. The largest absolute Gasteiger partial charge is 0.491 e. The first-order valence-electron chi connectivity index (χ1n) is 6.20. The number of nitrogens with one attached hydrogen (secondary N) is 1. The number of hydrogen-bond acceptors (Lipinski definition) is 2. The molecule has 0 aliphatic heterocycles. The zero-order chi connectivity index (χ0) is 15.4. The highest BCUT2D eigenvalue weighted by molar-refractivity contribution is 14.1. The van der Waals surface area contributed by atoms with Crippen LogP contribution in [0.3, 0.4) is 0 Å². The molecule has 110 valence electrons. The highest BCUT2D eigenvalue weighted by Crippen LogP contribution is 2.24. The van der Waals surface area contributed by atoms with Gasteiger partial charge in [-0.25, -0.2) is 4.39 Å². The number of rotatable bonds is 4. The Morgan fingerprint density at radius 2 is 2.10 bits per heavy atom. The van der Waals surface area contributed by atoms with Crippen LogP contribution in [0, 0.1) is 9.39 Å². The molecule has 1 amide bonds. The van der Waals surface area contributed by atoms with Crippen LogP contribution in [0.4, 0.5) is 10.1 Å². The van der Waals surface area contributed by atoms with E-state index < -0.39 is 5.82 Å². The van der Waals surface area contributed by atoms with Crippen LogP contribution in [-0.4, -0.2) is 12.5 Å². The lowest BCUT2D eigenvalue weighted by Crippen LogP contribution is -2.13. The van der Waals surface area contributed by atoms with Crippen molar-refractivity contribution in [2.75, 3.05) is 11.9 Å². The second-order valence-corrected chi connectivity index (χ2v) is 6.26. The molecular weight excluding hydrogens is 452 g/mol. The number of benzene rings is 2. The molecule has 2 rings (SSSR count). The van der Waals surface area contributed by atoms with Crippen molar-refractivity contribution in [2.24, 2.45) is 0 Å². The second-order valence-electron chi connectivity index (χ2n) is 4.16.